The molecule has 5 nitrogen and oxygen atoms in total. The lowest BCUT2D eigenvalue weighted by Gasteiger charge is -2.12. The Morgan fingerprint density at radius 3 is 2.63 bits per heavy atom. The molecule has 27 heavy (non-hydrogen) atoms. The largest absolute Gasteiger partial charge is 0.508 e. The maximum Gasteiger partial charge on any atom is 0.316 e. The third-order valence-electron chi connectivity index (χ3n) is 4.18. The van der Waals surface area contributed by atoms with Crippen LogP contribution in [-0.4, -0.2) is 27.2 Å². The van der Waals surface area contributed by atoms with Gasteiger partial charge in [-0.15, -0.1) is 6.42 Å². The van der Waals surface area contributed by atoms with Crippen LogP contribution in [0.5, 0.6) is 11.8 Å². The zero-order valence-electron chi connectivity index (χ0n) is 14.0. The van der Waals surface area contributed by atoms with Crippen molar-refractivity contribution in [2.75, 3.05) is 7.11 Å². The SMILES string of the molecule is C#Cc1c(F)ccc2cc(O)cc(-c3ncc4cnc(OC)nc4c3F)c12. The number of benzene rings is 2. The molecule has 0 saturated heterocycles. The summed E-state index contributed by atoms with van der Waals surface area (Å²) in [5, 5.41) is 11.2. The van der Waals surface area contributed by atoms with E-state index >= 15 is 4.39 Å². The predicted octanol–water partition coefficient (Wildman–Crippen LogP) is 3.82. The summed E-state index contributed by atoms with van der Waals surface area (Å²) in [4.78, 5) is 12.1. The molecule has 2 aromatic carbocycles. The summed E-state index contributed by atoms with van der Waals surface area (Å²) >= 11 is 0. The molecule has 0 saturated carbocycles. The quantitative estimate of drug-likeness (QED) is 0.549. The monoisotopic (exact) mass is 363 g/mol. The molecule has 1 N–H and O–H groups in total. The van der Waals surface area contributed by atoms with Crippen molar-refractivity contribution >= 4 is 21.7 Å². The molecule has 7 heteroatoms. The number of aromatic nitrogens is 3. The van der Waals surface area contributed by atoms with E-state index in [4.69, 9.17) is 11.2 Å². The van der Waals surface area contributed by atoms with Gasteiger partial charge in [-0.05, 0) is 23.6 Å². The first-order chi connectivity index (χ1) is 13.0. The first kappa shape index (κ1) is 16.7. The lowest BCUT2D eigenvalue weighted by molar-refractivity contribution is 0.381. The maximum atomic E-state index is 15.2. The van der Waals surface area contributed by atoms with Crippen molar-refractivity contribution < 1.29 is 18.6 Å². The summed E-state index contributed by atoms with van der Waals surface area (Å²) < 4.78 is 34.4. The topological polar surface area (TPSA) is 68.1 Å². The normalized spacial score (nSPS) is 10.9. The highest BCUT2D eigenvalue weighted by atomic mass is 19.1. The minimum absolute atomic E-state index is 0.00493. The van der Waals surface area contributed by atoms with Crippen LogP contribution in [0.25, 0.3) is 32.9 Å². The number of methoxy groups -OCH3 is 1. The zero-order valence-corrected chi connectivity index (χ0v) is 14.0. The molecular weight excluding hydrogens is 352 g/mol. The Bertz CT molecular complexity index is 1270. The minimum Gasteiger partial charge on any atom is -0.508 e. The van der Waals surface area contributed by atoms with Gasteiger partial charge in [0.1, 0.15) is 22.8 Å². The molecule has 0 atom stereocenters. The van der Waals surface area contributed by atoms with Crippen molar-refractivity contribution in [2.45, 2.75) is 0 Å². The summed E-state index contributed by atoms with van der Waals surface area (Å²) in [5.41, 5.74) is -0.00764. The number of aromatic hydroxyl groups is 1. The van der Waals surface area contributed by atoms with Gasteiger partial charge in [0.2, 0.25) is 0 Å². The fourth-order valence-electron chi connectivity index (χ4n) is 2.99. The van der Waals surface area contributed by atoms with E-state index in [0.717, 1.165) is 0 Å². The summed E-state index contributed by atoms with van der Waals surface area (Å²) in [6.45, 7) is 0. The second kappa shape index (κ2) is 6.18. The van der Waals surface area contributed by atoms with Crippen LogP contribution in [0.4, 0.5) is 8.78 Å². The van der Waals surface area contributed by atoms with E-state index in [0.29, 0.717) is 10.8 Å². The maximum absolute atomic E-state index is 15.2. The van der Waals surface area contributed by atoms with Gasteiger partial charge in [-0.2, -0.15) is 4.98 Å². The first-order valence-electron chi connectivity index (χ1n) is 7.81. The number of hydrogen-bond donors (Lipinski definition) is 1. The molecule has 0 aliphatic carbocycles. The Hall–Kier alpha value is -3.79. The third-order valence-corrected chi connectivity index (χ3v) is 4.18. The highest BCUT2D eigenvalue weighted by molar-refractivity contribution is 6.02. The molecule has 4 rings (SSSR count). The zero-order chi connectivity index (χ0) is 19.1. The number of hydrogen-bond acceptors (Lipinski definition) is 5. The summed E-state index contributed by atoms with van der Waals surface area (Å²) in [6, 6.07) is 5.36. The molecule has 0 fully saturated rings. The molecule has 0 radical (unpaired) electrons. The van der Waals surface area contributed by atoms with E-state index in [9.17, 15) is 9.50 Å². The first-order valence-corrected chi connectivity index (χ1v) is 7.81. The number of pyridine rings is 1. The molecule has 0 aliphatic heterocycles. The van der Waals surface area contributed by atoms with Gasteiger partial charge in [0.05, 0.1) is 12.7 Å². The summed E-state index contributed by atoms with van der Waals surface area (Å²) in [6.07, 6.45) is 8.23. The van der Waals surface area contributed by atoms with Crippen molar-refractivity contribution in [3.63, 3.8) is 0 Å². The standard InChI is InChI=1S/C20H11F2N3O2/c1-3-13-15(21)5-4-10-6-12(26)7-14(16(10)13)19-17(22)18-11(8-23-19)9-24-20(25-18)27-2/h1,4-9,26H,2H3. The fraction of sp³-hybridized carbons (Fsp3) is 0.0500. The van der Waals surface area contributed by atoms with Crippen LogP contribution in [0, 0.1) is 24.0 Å². The van der Waals surface area contributed by atoms with Crippen molar-refractivity contribution in [1.29, 1.82) is 0 Å². The van der Waals surface area contributed by atoms with Gasteiger partial charge in [-0.3, -0.25) is 4.98 Å². The van der Waals surface area contributed by atoms with E-state index in [-0.39, 0.29) is 39.5 Å². The average Bonchev–Trinajstić information content (AvgIpc) is 2.68. The molecule has 2 aromatic heterocycles. The van der Waals surface area contributed by atoms with Gasteiger partial charge in [-0.25, -0.2) is 13.8 Å². The van der Waals surface area contributed by atoms with Crippen LogP contribution < -0.4 is 4.74 Å². The number of rotatable bonds is 2. The predicted molar refractivity (Wildman–Crippen MR) is 96.3 cm³/mol. The highest BCUT2D eigenvalue weighted by Gasteiger charge is 2.19. The molecule has 0 unspecified atom stereocenters. The van der Waals surface area contributed by atoms with Crippen LogP contribution in [0.2, 0.25) is 0 Å². The average molecular weight is 363 g/mol. The molecular formula is C20H11F2N3O2. The second-order valence-electron chi connectivity index (χ2n) is 5.74. The van der Waals surface area contributed by atoms with Crippen LogP contribution in [-0.2, 0) is 0 Å². The molecule has 132 valence electrons. The van der Waals surface area contributed by atoms with Gasteiger partial charge in [-0.1, -0.05) is 12.0 Å². The van der Waals surface area contributed by atoms with Crippen molar-refractivity contribution in [2.24, 2.45) is 0 Å². The number of nitrogens with zero attached hydrogens (tertiary/aromatic N) is 3. The fourth-order valence-corrected chi connectivity index (χ4v) is 2.99. The minimum atomic E-state index is -0.757. The highest BCUT2D eigenvalue weighted by Crippen LogP contribution is 2.37. The Morgan fingerprint density at radius 1 is 1.11 bits per heavy atom. The number of phenolic OH excluding ortho intramolecular Hbond substituents is 1. The smallest absolute Gasteiger partial charge is 0.316 e. The van der Waals surface area contributed by atoms with Gasteiger partial charge in [0, 0.05) is 28.7 Å². The van der Waals surface area contributed by atoms with Crippen LogP contribution >= 0.6 is 0 Å². The Labute approximate surface area is 152 Å². The Balaban J connectivity index is 2.12. The molecule has 0 aliphatic rings. The van der Waals surface area contributed by atoms with Crippen LogP contribution in [0.1, 0.15) is 5.56 Å². The Morgan fingerprint density at radius 2 is 1.89 bits per heavy atom. The third kappa shape index (κ3) is 2.59. The van der Waals surface area contributed by atoms with Gasteiger partial charge in [0.15, 0.2) is 5.82 Å². The van der Waals surface area contributed by atoms with Crippen molar-refractivity contribution in [1.82, 2.24) is 15.0 Å². The van der Waals surface area contributed by atoms with Crippen molar-refractivity contribution in [3.05, 3.63) is 53.9 Å². The summed E-state index contributed by atoms with van der Waals surface area (Å²) in [5.74, 6) is 0.779. The second-order valence-corrected chi connectivity index (χ2v) is 5.74. The van der Waals surface area contributed by atoms with Crippen LogP contribution in [0.15, 0.2) is 36.7 Å². The van der Waals surface area contributed by atoms with E-state index in [1.165, 1.54) is 43.8 Å². The van der Waals surface area contributed by atoms with E-state index < -0.39 is 11.6 Å². The molecule has 2 heterocycles. The molecule has 0 spiro atoms. The van der Waals surface area contributed by atoms with E-state index in [1.54, 1.807) is 0 Å². The number of ether oxygens (including phenoxy) is 1. The van der Waals surface area contributed by atoms with Crippen LogP contribution in [0.3, 0.4) is 0 Å². The van der Waals surface area contributed by atoms with Gasteiger partial charge in [0.25, 0.3) is 0 Å². The number of fused-ring (bicyclic) bond motifs is 2. The number of phenols is 1. The molecule has 0 bridgehead atoms. The molecule has 4 aromatic rings. The van der Waals surface area contributed by atoms with Gasteiger partial charge >= 0.3 is 6.01 Å². The van der Waals surface area contributed by atoms with Crippen molar-refractivity contribution in [3.8, 4) is 35.4 Å². The van der Waals surface area contributed by atoms with E-state index in [2.05, 4.69) is 20.9 Å². The lowest BCUT2D eigenvalue weighted by Crippen LogP contribution is -1.99. The van der Waals surface area contributed by atoms with E-state index in [1.807, 2.05) is 0 Å². The molecule has 0 amide bonds. The summed E-state index contributed by atoms with van der Waals surface area (Å²) in [7, 11) is 1.37. The Kier molecular flexibility index (Phi) is 3.81. The van der Waals surface area contributed by atoms with Gasteiger partial charge < -0.3 is 9.84 Å². The number of halogens is 2. The lowest BCUT2D eigenvalue weighted by atomic mass is 9.96. The number of terminal acetylenes is 1.